The zero-order valence-electron chi connectivity index (χ0n) is 20.3. The normalized spacial score (nSPS) is 15.4. The molecule has 182 valence electrons. The standard InChI is InChI=1S/C29H28N4O3/c1-20-25(29(35)33(31-20)22-10-4-3-5-11-22)16-21-18-32(27-14-8-6-12-24(21)27)19-23(34)17-30-26-13-7-9-15-28(26)36-2/h3-16,18,23,30,34H,17,19H2,1-2H3/b25-16+/t23-/m0/s1. The molecule has 1 aliphatic heterocycles. The highest BCUT2D eigenvalue weighted by atomic mass is 16.5. The van der Waals surface area contributed by atoms with Crippen molar-refractivity contribution < 1.29 is 14.6 Å². The number of fused-ring (bicyclic) bond motifs is 1. The molecule has 1 aliphatic rings. The molecule has 0 unspecified atom stereocenters. The van der Waals surface area contributed by atoms with Gasteiger partial charge in [-0.3, -0.25) is 4.79 Å². The van der Waals surface area contributed by atoms with Crippen molar-refractivity contribution in [1.29, 1.82) is 0 Å². The number of hydrogen-bond acceptors (Lipinski definition) is 5. The van der Waals surface area contributed by atoms with Gasteiger partial charge in [-0.1, -0.05) is 48.5 Å². The number of carbonyl (C=O) groups excluding carboxylic acids is 1. The summed E-state index contributed by atoms with van der Waals surface area (Å²) in [5.41, 5.74) is 4.68. The highest BCUT2D eigenvalue weighted by Crippen LogP contribution is 2.29. The lowest BCUT2D eigenvalue weighted by Gasteiger charge is -2.16. The average Bonchev–Trinajstić information content (AvgIpc) is 3.40. The van der Waals surface area contributed by atoms with E-state index in [1.54, 1.807) is 7.11 Å². The predicted molar refractivity (Wildman–Crippen MR) is 144 cm³/mol. The predicted octanol–water partition coefficient (Wildman–Crippen LogP) is 4.93. The second-order valence-corrected chi connectivity index (χ2v) is 8.68. The summed E-state index contributed by atoms with van der Waals surface area (Å²) in [6.07, 6.45) is 3.23. The van der Waals surface area contributed by atoms with Gasteiger partial charge in [0.1, 0.15) is 5.75 Å². The van der Waals surface area contributed by atoms with E-state index in [0.717, 1.165) is 33.6 Å². The molecule has 0 bridgehead atoms. The van der Waals surface area contributed by atoms with Crippen LogP contribution in [0.1, 0.15) is 12.5 Å². The maximum atomic E-state index is 13.2. The molecule has 5 rings (SSSR count). The van der Waals surface area contributed by atoms with Crippen LogP contribution in [0, 0.1) is 0 Å². The molecule has 0 fully saturated rings. The van der Waals surface area contributed by atoms with E-state index in [0.29, 0.717) is 24.4 Å². The highest BCUT2D eigenvalue weighted by molar-refractivity contribution is 6.32. The second kappa shape index (κ2) is 10.1. The van der Waals surface area contributed by atoms with E-state index in [1.165, 1.54) is 5.01 Å². The van der Waals surface area contributed by atoms with Crippen molar-refractivity contribution in [3.63, 3.8) is 0 Å². The number of aromatic nitrogens is 1. The quantitative estimate of drug-likeness (QED) is 0.351. The average molecular weight is 481 g/mol. The number of nitrogens with zero attached hydrogens (tertiary/aromatic N) is 3. The number of methoxy groups -OCH3 is 1. The van der Waals surface area contributed by atoms with Gasteiger partial charge in [0.2, 0.25) is 0 Å². The largest absolute Gasteiger partial charge is 0.495 e. The van der Waals surface area contributed by atoms with Crippen LogP contribution in [0.2, 0.25) is 0 Å². The Hall–Kier alpha value is -4.36. The van der Waals surface area contributed by atoms with Gasteiger partial charge in [-0.25, -0.2) is 0 Å². The first-order chi connectivity index (χ1) is 17.5. The monoisotopic (exact) mass is 480 g/mol. The molecule has 7 heteroatoms. The molecule has 2 N–H and O–H groups in total. The number of nitrogens with one attached hydrogen (secondary N) is 1. The zero-order valence-corrected chi connectivity index (χ0v) is 20.3. The summed E-state index contributed by atoms with van der Waals surface area (Å²) in [5.74, 6) is 0.574. The molecule has 1 atom stereocenters. The minimum absolute atomic E-state index is 0.156. The van der Waals surface area contributed by atoms with E-state index in [9.17, 15) is 9.90 Å². The van der Waals surface area contributed by atoms with Gasteiger partial charge in [0.15, 0.2) is 0 Å². The molecule has 3 aromatic carbocycles. The molecule has 1 amide bonds. The van der Waals surface area contributed by atoms with Crippen LogP contribution < -0.4 is 15.1 Å². The number of aliphatic hydroxyl groups excluding tert-OH is 1. The number of ether oxygens (including phenoxy) is 1. The number of hydrazone groups is 1. The zero-order chi connectivity index (χ0) is 25.1. The van der Waals surface area contributed by atoms with Crippen LogP contribution in [0.25, 0.3) is 17.0 Å². The number of benzene rings is 3. The maximum absolute atomic E-state index is 13.2. The van der Waals surface area contributed by atoms with Crippen LogP contribution in [0.3, 0.4) is 0 Å². The molecule has 0 saturated heterocycles. The lowest BCUT2D eigenvalue weighted by molar-refractivity contribution is -0.114. The molecule has 0 radical (unpaired) electrons. The van der Waals surface area contributed by atoms with Crippen LogP contribution in [-0.2, 0) is 11.3 Å². The summed E-state index contributed by atoms with van der Waals surface area (Å²) in [4.78, 5) is 13.2. The Morgan fingerprint density at radius 2 is 1.75 bits per heavy atom. The van der Waals surface area contributed by atoms with Crippen molar-refractivity contribution in [2.75, 3.05) is 24.0 Å². The molecule has 36 heavy (non-hydrogen) atoms. The fraction of sp³-hybridized carbons (Fsp3) is 0.172. The van der Waals surface area contributed by atoms with Gasteiger partial charge in [0.05, 0.1) is 42.4 Å². The summed E-state index contributed by atoms with van der Waals surface area (Å²) in [5, 5.41) is 21.0. The Morgan fingerprint density at radius 1 is 1.03 bits per heavy atom. The van der Waals surface area contributed by atoms with Crippen molar-refractivity contribution in [1.82, 2.24) is 4.57 Å². The third kappa shape index (κ3) is 4.61. The smallest absolute Gasteiger partial charge is 0.280 e. The first-order valence-electron chi connectivity index (χ1n) is 11.8. The van der Waals surface area contributed by atoms with E-state index in [-0.39, 0.29) is 5.91 Å². The Labute approximate surface area is 209 Å². The maximum Gasteiger partial charge on any atom is 0.280 e. The molecule has 1 aromatic heterocycles. The van der Waals surface area contributed by atoms with Crippen LogP contribution in [0.4, 0.5) is 11.4 Å². The molecule has 7 nitrogen and oxygen atoms in total. The van der Waals surface area contributed by atoms with Gasteiger partial charge in [-0.05, 0) is 43.3 Å². The van der Waals surface area contributed by atoms with Crippen molar-refractivity contribution in [3.8, 4) is 5.75 Å². The van der Waals surface area contributed by atoms with Crippen molar-refractivity contribution >= 4 is 40.0 Å². The van der Waals surface area contributed by atoms with Crippen LogP contribution in [-0.4, -0.2) is 41.1 Å². The minimum atomic E-state index is -0.642. The van der Waals surface area contributed by atoms with Crippen LogP contribution >= 0.6 is 0 Å². The van der Waals surface area contributed by atoms with Crippen LogP contribution in [0.15, 0.2) is 95.7 Å². The Kier molecular flexibility index (Phi) is 6.56. The number of rotatable bonds is 8. The van der Waals surface area contributed by atoms with Gasteiger partial charge in [-0.15, -0.1) is 0 Å². The van der Waals surface area contributed by atoms with Gasteiger partial charge in [0, 0.05) is 29.2 Å². The van der Waals surface area contributed by atoms with E-state index < -0.39 is 6.10 Å². The summed E-state index contributed by atoms with van der Waals surface area (Å²) in [6.45, 7) is 2.60. The summed E-state index contributed by atoms with van der Waals surface area (Å²) in [6, 6.07) is 25.0. The van der Waals surface area contributed by atoms with Gasteiger partial charge < -0.3 is 19.7 Å². The number of anilines is 2. The SMILES string of the molecule is COc1ccccc1NC[C@H](O)Cn1cc(/C=C2/C(=O)N(c3ccccc3)N=C2C)c2ccccc21. The Morgan fingerprint density at radius 3 is 2.56 bits per heavy atom. The van der Waals surface area contributed by atoms with Crippen molar-refractivity contribution in [2.24, 2.45) is 5.10 Å². The molecular formula is C29H28N4O3. The summed E-state index contributed by atoms with van der Waals surface area (Å²) in [7, 11) is 1.62. The summed E-state index contributed by atoms with van der Waals surface area (Å²) < 4.78 is 7.40. The first-order valence-corrected chi connectivity index (χ1v) is 11.8. The van der Waals surface area contributed by atoms with E-state index in [4.69, 9.17) is 4.74 Å². The highest BCUT2D eigenvalue weighted by Gasteiger charge is 2.29. The fourth-order valence-corrected chi connectivity index (χ4v) is 4.44. The number of aliphatic hydroxyl groups is 1. The van der Waals surface area contributed by atoms with Crippen molar-refractivity contribution in [3.05, 3.63) is 96.2 Å². The van der Waals surface area contributed by atoms with Gasteiger partial charge in [-0.2, -0.15) is 10.1 Å². The number of carbonyl (C=O) groups is 1. The third-order valence-corrected chi connectivity index (χ3v) is 6.23. The molecule has 4 aromatic rings. The molecular weight excluding hydrogens is 452 g/mol. The number of amides is 1. The summed E-state index contributed by atoms with van der Waals surface area (Å²) >= 11 is 0. The van der Waals surface area contributed by atoms with E-state index in [2.05, 4.69) is 10.4 Å². The number of hydrogen-bond donors (Lipinski definition) is 2. The van der Waals surface area contributed by atoms with Gasteiger partial charge >= 0.3 is 0 Å². The molecule has 0 saturated carbocycles. The third-order valence-electron chi connectivity index (χ3n) is 6.23. The number of para-hydroxylation sites is 4. The topological polar surface area (TPSA) is 79.1 Å². The molecule has 0 spiro atoms. The van der Waals surface area contributed by atoms with Crippen LogP contribution in [0.5, 0.6) is 5.75 Å². The van der Waals surface area contributed by atoms with E-state index in [1.807, 2.05) is 103 Å². The minimum Gasteiger partial charge on any atom is -0.495 e. The molecule has 2 heterocycles. The van der Waals surface area contributed by atoms with Crippen molar-refractivity contribution in [2.45, 2.75) is 19.6 Å². The lowest BCUT2D eigenvalue weighted by Crippen LogP contribution is -2.24. The second-order valence-electron chi connectivity index (χ2n) is 8.68. The first kappa shape index (κ1) is 23.4. The Bertz CT molecular complexity index is 1460. The van der Waals surface area contributed by atoms with Gasteiger partial charge in [0.25, 0.3) is 5.91 Å². The Balaban J connectivity index is 1.38. The lowest BCUT2D eigenvalue weighted by atomic mass is 10.1. The fourth-order valence-electron chi connectivity index (χ4n) is 4.44. The molecule has 0 aliphatic carbocycles. The van der Waals surface area contributed by atoms with E-state index >= 15 is 0 Å².